The van der Waals surface area contributed by atoms with Gasteiger partial charge >= 0.3 is 0 Å². The number of carbonyl (C=O) groups is 2. The third-order valence-corrected chi connectivity index (χ3v) is 4.72. The molecule has 2 N–H and O–H groups in total. The molecule has 0 aliphatic carbocycles. The number of ether oxygens (including phenoxy) is 2. The van der Waals surface area contributed by atoms with Gasteiger partial charge in [0.25, 0.3) is 5.91 Å². The number of hydrogen-bond acceptors (Lipinski definition) is 4. The smallest absolute Gasteiger partial charge is 0.255 e. The summed E-state index contributed by atoms with van der Waals surface area (Å²) < 4.78 is 11.0. The Bertz CT molecular complexity index is 833. The van der Waals surface area contributed by atoms with Crippen LogP contribution in [0.2, 0.25) is 0 Å². The van der Waals surface area contributed by atoms with Crippen LogP contribution in [0.5, 0.6) is 11.5 Å². The van der Waals surface area contributed by atoms with Crippen LogP contribution in [0.25, 0.3) is 0 Å². The lowest BCUT2D eigenvalue weighted by atomic mass is 10.0. The van der Waals surface area contributed by atoms with Crippen LogP contribution in [0, 0.1) is 5.92 Å². The lowest BCUT2D eigenvalue weighted by Gasteiger charge is -2.24. The zero-order valence-corrected chi connectivity index (χ0v) is 18.4. The number of amides is 2. The van der Waals surface area contributed by atoms with Crippen LogP contribution >= 0.6 is 0 Å². The maximum absolute atomic E-state index is 12.9. The Kier molecular flexibility index (Phi) is 8.71. The van der Waals surface area contributed by atoms with Gasteiger partial charge in [-0.1, -0.05) is 38.1 Å². The quantitative estimate of drug-likeness (QED) is 0.616. The number of nitrogens with one attached hydrogen (secondary N) is 2. The molecule has 2 atom stereocenters. The second-order valence-corrected chi connectivity index (χ2v) is 7.36. The van der Waals surface area contributed by atoms with Gasteiger partial charge in [-0.3, -0.25) is 9.59 Å². The summed E-state index contributed by atoms with van der Waals surface area (Å²) in [6.07, 6.45) is 0. The van der Waals surface area contributed by atoms with Crippen molar-refractivity contribution < 1.29 is 19.1 Å². The summed E-state index contributed by atoms with van der Waals surface area (Å²) in [6, 6.07) is 13.8. The monoisotopic (exact) mass is 412 g/mol. The second-order valence-electron chi connectivity index (χ2n) is 7.36. The Morgan fingerprint density at radius 1 is 0.867 bits per heavy atom. The average molecular weight is 413 g/mol. The Balaban J connectivity index is 2.08. The summed E-state index contributed by atoms with van der Waals surface area (Å²) in [5.74, 6) is 0.652. The van der Waals surface area contributed by atoms with Crippen LogP contribution in [-0.4, -0.2) is 31.1 Å². The van der Waals surface area contributed by atoms with Crippen molar-refractivity contribution in [2.75, 3.05) is 13.2 Å². The summed E-state index contributed by atoms with van der Waals surface area (Å²) in [7, 11) is 0. The van der Waals surface area contributed by atoms with Crippen LogP contribution in [0.4, 0.5) is 0 Å². The van der Waals surface area contributed by atoms with E-state index >= 15 is 0 Å². The highest BCUT2D eigenvalue weighted by Crippen LogP contribution is 2.20. The first-order valence-electron chi connectivity index (χ1n) is 10.4. The SMILES string of the molecule is CCOc1ccc(C(C)NC(=O)C(NC(=O)c2ccccc2OCC)C(C)C)cc1. The van der Waals surface area contributed by atoms with Gasteiger partial charge in [0.05, 0.1) is 24.8 Å². The minimum absolute atomic E-state index is 0.0827. The van der Waals surface area contributed by atoms with Crippen molar-refractivity contribution in [3.05, 3.63) is 59.7 Å². The van der Waals surface area contributed by atoms with E-state index in [1.54, 1.807) is 18.2 Å². The number of hydrogen-bond donors (Lipinski definition) is 2. The van der Waals surface area contributed by atoms with Gasteiger partial charge in [-0.25, -0.2) is 0 Å². The van der Waals surface area contributed by atoms with Gasteiger partial charge in [0.15, 0.2) is 0 Å². The van der Waals surface area contributed by atoms with E-state index in [0.717, 1.165) is 11.3 Å². The van der Waals surface area contributed by atoms with Crippen molar-refractivity contribution in [3.8, 4) is 11.5 Å². The van der Waals surface area contributed by atoms with Gasteiger partial charge < -0.3 is 20.1 Å². The third-order valence-electron chi connectivity index (χ3n) is 4.72. The molecule has 30 heavy (non-hydrogen) atoms. The molecule has 0 bridgehead atoms. The van der Waals surface area contributed by atoms with Crippen LogP contribution < -0.4 is 20.1 Å². The number of rotatable bonds is 10. The predicted molar refractivity (Wildman–Crippen MR) is 118 cm³/mol. The van der Waals surface area contributed by atoms with Crippen molar-refractivity contribution in [3.63, 3.8) is 0 Å². The standard InChI is InChI=1S/C24H32N2O4/c1-6-29-19-14-12-18(13-15-19)17(5)25-24(28)22(16(3)4)26-23(27)20-10-8-9-11-21(20)30-7-2/h8-17,22H,6-7H2,1-5H3,(H,25,28)(H,26,27). The van der Waals surface area contributed by atoms with E-state index < -0.39 is 6.04 Å². The van der Waals surface area contributed by atoms with Crippen LogP contribution in [0.3, 0.4) is 0 Å². The molecule has 0 spiro atoms. The van der Waals surface area contributed by atoms with E-state index in [4.69, 9.17) is 9.47 Å². The molecule has 0 fully saturated rings. The molecule has 2 rings (SSSR count). The number of para-hydroxylation sites is 1. The van der Waals surface area contributed by atoms with E-state index in [2.05, 4.69) is 10.6 Å². The van der Waals surface area contributed by atoms with E-state index in [1.165, 1.54) is 0 Å². The van der Waals surface area contributed by atoms with Gasteiger partial charge in [0.1, 0.15) is 17.5 Å². The van der Waals surface area contributed by atoms with Gasteiger partial charge in [-0.15, -0.1) is 0 Å². The zero-order valence-electron chi connectivity index (χ0n) is 18.4. The minimum atomic E-state index is -0.669. The largest absolute Gasteiger partial charge is 0.494 e. The highest BCUT2D eigenvalue weighted by molar-refractivity contribution is 5.99. The Morgan fingerprint density at radius 3 is 2.10 bits per heavy atom. The Hall–Kier alpha value is -3.02. The fourth-order valence-corrected chi connectivity index (χ4v) is 3.10. The molecule has 0 aliphatic heterocycles. The molecule has 0 radical (unpaired) electrons. The zero-order chi connectivity index (χ0) is 22.1. The highest BCUT2D eigenvalue weighted by atomic mass is 16.5. The van der Waals surface area contributed by atoms with Gasteiger partial charge in [0.2, 0.25) is 5.91 Å². The normalized spacial score (nSPS) is 12.7. The molecule has 2 aromatic carbocycles. The van der Waals surface area contributed by atoms with Crippen LogP contribution in [-0.2, 0) is 4.79 Å². The number of benzene rings is 2. The molecular formula is C24H32N2O4. The van der Waals surface area contributed by atoms with E-state index in [0.29, 0.717) is 24.5 Å². The van der Waals surface area contributed by atoms with Crippen molar-refractivity contribution in [2.45, 2.75) is 46.7 Å². The van der Waals surface area contributed by atoms with E-state index in [-0.39, 0.29) is 23.8 Å². The first-order valence-corrected chi connectivity index (χ1v) is 10.4. The molecule has 0 saturated heterocycles. The molecule has 2 amide bonds. The Morgan fingerprint density at radius 2 is 1.50 bits per heavy atom. The maximum Gasteiger partial charge on any atom is 0.255 e. The lowest BCUT2D eigenvalue weighted by Crippen LogP contribution is -2.50. The molecular weight excluding hydrogens is 380 g/mol. The van der Waals surface area contributed by atoms with Crippen molar-refractivity contribution in [1.82, 2.24) is 10.6 Å². The topological polar surface area (TPSA) is 76.7 Å². The van der Waals surface area contributed by atoms with E-state index in [1.807, 2.05) is 65.0 Å². The van der Waals surface area contributed by atoms with Crippen LogP contribution in [0.15, 0.2) is 48.5 Å². The second kappa shape index (κ2) is 11.2. The first-order chi connectivity index (χ1) is 14.4. The minimum Gasteiger partial charge on any atom is -0.494 e. The Labute approximate surface area is 179 Å². The lowest BCUT2D eigenvalue weighted by molar-refractivity contribution is -0.124. The molecule has 162 valence electrons. The van der Waals surface area contributed by atoms with Crippen LogP contribution in [0.1, 0.15) is 56.6 Å². The highest BCUT2D eigenvalue weighted by Gasteiger charge is 2.27. The summed E-state index contributed by atoms with van der Waals surface area (Å²) in [5, 5.41) is 5.86. The molecule has 0 saturated carbocycles. The van der Waals surface area contributed by atoms with E-state index in [9.17, 15) is 9.59 Å². The van der Waals surface area contributed by atoms with Crippen molar-refractivity contribution in [1.29, 1.82) is 0 Å². The fourth-order valence-electron chi connectivity index (χ4n) is 3.10. The predicted octanol–water partition coefficient (Wildman–Crippen LogP) is 4.12. The fraction of sp³-hybridized carbons (Fsp3) is 0.417. The van der Waals surface area contributed by atoms with Gasteiger partial charge in [0, 0.05) is 0 Å². The third kappa shape index (κ3) is 6.24. The maximum atomic E-state index is 12.9. The van der Waals surface area contributed by atoms with Gasteiger partial charge in [-0.2, -0.15) is 0 Å². The summed E-state index contributed by atoms with van der Waals surface area (Å²) >= 11 is 0. The molecule has 6 heteroatoms. The summed E-state index contributed by atoms with van der Waals surface area (Å²) in [4.78, 5) is 25.8. The molecule has 0 aliphatic rings. The average Bonchev–Trinajstić information content (AvgIpc) is 2.73. The molecule has 0 heterocycles. The van der Waals surface area contributed by atoms with Crippen molar-refractivity contribution in [2.24, 2.45) is 5.92 Å². The number of carbonyl (C=O) groups excluding carboxylic acids is 2. The molecule has 6 nitrogen and oxygen atoms in total. The molecule has 2 aromatic rings. The van der Waals surface area contributed by atoms with Gasteiger partial charge in [-0.05, 0) is 56.5 Å². The first kappa shape index (κ1) is 23.3. The molecule has 0 aromatic heterocycles. The molecule has 2 unspecified atom stereocenters. The van der Waals surface area contributed by atoms with Crippen molar-refractivity contribution >= 4 is 11.8 Å². The summed E-state index contributed by atoms with van der Waals surface area (Å²) in [5.41, 5.74) is 1.37. The summed E-state index contributed by atoms with van der Waals surface area (Å²) in [6.45, 7) is 10.6.